The van der Waals surface area contributed by atoms with Crippen molar-refractivity contribution in [1.82, 2.24) is 4.90 Å². The topological polar surface area (TPSA) is 52.6 Å². The predicted octanol–water partition coefficient (Wildman–Crippen LogP) is 3.56. The van der Waals surface area contributed by atoms with Crippen LogP contribution >= 0.6 is 11.6 Å². The average Bonchev–Trinajstić information content (AvgIpc) is 2.89. The maximum atomic E-state index is 12.6. The van der Waals surface area contributed by atoms with Gasteiger partial charge >= 0.3 is 6.03 Å². The third kappa shape index (κ3) is 3.39. The van der Waals surface area contributed by atoms with Crippen LogP contribution in [0.5, 0.6) is 0 Å². The van der Waals surface area contributed by atoms with Gasteiger partial charge in [0.2, 0.25) is 0 Å². The maximum Gasteiger partial charge on any atom is 0.321 e. The summed E-state index contributed by atoms with van der Waals surface area (Å²) in [7, 11) is 0. The van der Waals surface area contributed by atoms with Gasteiger partial charge in [-0.25, -0.2) is 4.79 Å². The highest BCUT2D eigenvalue weighted by molar-refractivity contribution is 6.31. The van der Waals surface area contributed by atoms with E-state index in [1.807, 2.05) is 19.1 Å². The molecule has 0 aliphatic carbocycles. The molecule has 122 valence electrons. The van der Waals surface area contributed by atoms with Crippen LogP contribution in [0.3, 0.4) is 0 Å². The molecule has 0 bridgehead atoms. The molecule has 1 aromatic carbocycles. The number of hydrogen-bond donors (Lipinski definition) is 2. The summed E-state index contributed by atoms with van der Waals surface area (Å²) in [6, 6.07) is 3.77. The van der Waals surface area contributed by atoms with Crippen molar-refractivity contribution in [3.63, 3.8) is 0 Å². The minimum absolute atomic E-state index is 0.102. The maximum absolute atomic E-state index is 12.6. The predicted molar refractivity (Wildman–Crippen MR) is 90.5 cm³/mol. The number of carbonyl (C=O) groups is 1. The van der Waals surface area contributed by atoms with Gasteiger partial charge in [-0.2, -0.15) is 0 Å². The van der Waals surface area contributed by atoms with E-state index < -0.39 is 0 Å². The second-order valence-corrected chi connectivity index (χ2v) is 6.43. The van der Waals surface area contributed by atoms with Gasteiger partial charge in [0.1, 0.15) is 0 Å². The first kappa shape index (κ1) is 17.1. The Bertz CT molecular complexity index is 548. The van der Waals surface area contributed by atoms with Gasteiger partial charge in [0.05, 0.1) is 5.69 Å². The van der Waals surface area contributed by atoms with Crippen molar-refractivity contribution >= 4 is 23.3 Å². The first-order valence-corrected chi connectivity index (χ1v) is 8.36. The van der Waals surface area contributed by atoms with Crippen LogP contribution in [-0.2, 0) is 12.8 Å². The highest BCUT2D eigenvalue weighted by Crippen LogP contribution is 2.30. The zero-order valence-corrected chi connectivity index (χ0v) is 14.3. The number of aryl methyl sites for hydroxylation is 1. The molecule has 1 saturated heterocycles. The zero-order valence-electron chi connectivity index (χ0n) is 13.5. The number of hydrogen-bond acceptors (Lipinski definition) is 2. The van der Waals surface area contributed by atoms with Crippen molar-refractivity contribution < 1.29 is 9.90 Å². The van der Waals surface area contributed by atoms with Gasteiger partial charge in [0, 0.05) is 30.6 Å². The van der Waals surface area contributed by atoms with Gasteiger partial charge in [-0.15, -0.1) is 0 Å². The molecule has 4 nitrogen and oxygen atoms in total. The van der Waals surface area contributed by atoms with E-state index in [0.29, 0.717) is 24.0 Å². The van der Waals surface area contributed by atoms with Crippen LogP contribution < -0.4 is 5.32 Å². The quantitative estimate of drug-likeness (QED) is 0.889. The smallest absolute Gasteiger partial charge is 0.321 e. The summed E-state index contributed by atoms with van der Waals surface area (Å²) in [6.45, 7) is 7.59. The minimum Gasteiger partial charge on any atom is -0.396 e. The summed E-state index contributed by atoms with van der Waals surface area (Å²) in [5, 5.41) is 13.1. The first-order chi connectivity index (χ1) is 10.5. The van der Waals surface area contributed by atoms with Gasteiger partial charge in [-0.05, 0) is 36.0 Å². The van der Waals surface area contributed by atoms with E-state index in [1.165, 1.54) is 0 Å². The molecule has 0 unspecified atom stereocenters. The summed E-state index contributed by atoms with van der Waals surface area (Å²) in [4.78, 5) is 14.3. The van der Waals surface area contributed by atoms with Crippen molar-refractivity contribution in [1.29, 1.82) is 0 Å². The molecule has 2 N–H and O–H groups in total. The molecule has 0 spiro atoms. The lowest BCUT2D eigenvalue weighted by molar-refractivity contribution is 0.202. The van der Waals surface area contributed by atoms with E-state index in [1.54, 1.807) is 4.90 Å². The van der Waals surface area contributed by atoms with Crippen LogP contribution in [0.15, 0.2) is 12.1 Å². The minimum atomic E-state index is -0.102. The Hall–Kier alpha value is -1.26. The lowest BCUT2D eigenvalue weighted by atomic mass is 10.00. The molecule has 2 atom stereocenters. The molecule has 5 heteroatoms. The van der Waals surface area contributed by atoms with Crippen LogP contribution in [0.25, 0.3) is 0 Å². The molecule has 0 radical (unpaired) electrons. The molecule has 0 aromatic heterocycles. The molecule has 2 rings (SSSR count). The van der Waals surface area contributed by atoms with Gasteiger partial charge in [0.25, 0.3) is 0 Å². The number of amides is 2. The van der Waals surface area contributed by atoms with Crippen LogP contribution in [-0.4, -0.2) is 35.7 Å². The summed E-state index contributed by atoms with van der Waals surface area (Å²) in [5.74, 6) is 0.493. The molecule has 1 heterocycles. The Morgan fingerprint density at radius 3 is 2.64 bits per heavy atom. The van der Waals surface area contributed by atoms with Crippen LogP contribution in [0, 0.1) is 11.8 Å². The van der Waals surface area contributed by atoms with Crippen molar-refractivity contribution in [2.75, 3.05) is 25.0 Å². The Kier molecular flexibility index (Phi) is 5.70. The van der Waals surface area contributed by atoms with Gasteiger partial charge in [0.15, 0.2) is 0 Å². The molecule has 2 amide bonds. The largest absolute Gasteiger partial charge is 0.396 e. The number of anilines is 1. The SMILES string of the molecule is CCc1ccc(Cl)c(CC)c1NC(=O)N1C[C@@H](CO)[C@H](C)C1. The van der Waals surface area contributed by atoms with Gasteiger partial charge in [-0.3, -0.25) is 0 Å². The van der Waals surface area contributed by atoms with E-state index in [0.717, 1.165) is 29.7 Å². The van der Waals surface area contributed by atoms with E-state index in [4.69, 9.17) is 11.6 Å². The second-order valence-electron chi connectivity index (χ2n) is 6.02. The lowest BCUT2D eigenvalue weighted by Gasteiger charge is -2.21. The van der Waals surface area contributed by atoms with Crippen LogP contribution in [0.4, 0.5) is 10.5 Å². The van der Waals surface area contributed by atoms with E-state index in [9.17, 15) is 9.90 Å². The Morgan fingerprint density at radius 1 is 1.36 bits per heavy atom. The lowest BCUT2D eigenvalue weighted by Crippen LogP contribution is -2.34. The van der Waals surface area contributed by atoms with E-state index >= 15 is 0 Å². The Balaban J connectivity index is 2.20. The highest BCUT2D eigenvalue weighted by atomic mass is 35.5. The molecule has 1 aromatic rings. The number of benzene rings is 1. The molecule has 0 saturated carbocycles. The first-order valence-electron chi connectivity index (χ1n) is 7.98. The number of nitrogens with one attached hydrogen (secondary N) is 1. The number of carbonyl (C=O) groups excluding carboxylic acids is 1. The monoisotopic (exact) mass is 324 g/mol. The fourth-order valence-electron chi connectivity index (χ4n) is 3.09. The normalized spacial score (nSPS) is 21.2. The number of nitrogens with zero attached hydrogens (tertiary/aromatic N) is 1. The fraction of sp³-hybridized carbons (Fsp3) is 0.588. The van der Waals surface area contributed by atoms with E-state index in [2.05, 4.69) is 19.2 Å². The highest BCUT2D eigenvalue weighted by Gasteiger charge is 2.32. The number of rotatable bonds is 4. The molecule has 22 heavy (non-hydrogen) atoms. The van der Waals surface area contributed by atoms with Crippen molar-refractivity contribution in [2.45, 2.75) is 33.6 Å². The summed E-state index contributed by atoms with van der Waals surface area (Å²) >= 11 is 6.27. The Labute approximate surface area is 137 Å². The van der Waals surface area contributed by atoms with Crippen molar-refractivity contribution in [2.24, 2.45) is 11.8 Å². The standard InChI is InChI=1S/C17H25ClN2O2/c1-4-12-6-7-15(18)14(5-2)16(12)19-17(22)20-8-11(3)13(9-20)10-21/h6-7,11,13,21H,4-5,8-10H2,1-3H3,(H,19,22)/t11-,13+/m1/s1. The van der Waals surface area contributed by atoms with Crippen LogP contribution in [0.2, 0.25) is 5.02 Å². The summed E-state index contributed by atoms with van der Waals surface area (Å²) < 4.78 is 0. The van der Waals surface area contributed by atoms with E-state index in [-0.39, 0.29) is 18.6 Å². The number of aliphatic hydroxyl groups excluding tert-OH is 1. The number of urea groups is 1. The molecular formula is C17H25ClN2O2. The molecule has 1 aliphatic heterocycles. The van der Waals surface area contributed by atoms with Crippen molar-refractivity contribution in [3.05, 3.63) is 28.3 Å². The average molecular weight is 325 g/mol. The number of halogens is 1. The second kappa shape index (κ2) is 7.34. The number of likely N-dealkylation sites (tertiary alicyclic amines) is 1. The number of aliphatic hydroxyl groups is 1. The Morgan fingerprint density at radius 2 is 2.09 bits per heavy atom. The zero-order chi connectivity index (χ0) is 16.3. The third-order valence-corrected chi connectivity index (χ3v) is 4.95. The van der Waals surface area contributed by atoms with Crippen LogP contribution in [0.1, 0.15) is 31.9 Å². The summed E-state index contributed by atoms with van der Waals surface area (Å²) in [6.07, 6.45) is 1.62. The summed E-state index contributed by atoms with van der Waals surface area (Å²) in [5.41, 5.74) is 2.93. The molecular weight excluding hydrogens is 300 g/mol. The van der Waals surface area contributed by atoms with Gasteiger partial charge < -0.3 is 15.3 Å². The van der Waals surface area contributed by atoms with Crippen molar-refractivity contribution in [3.8, 4) is 0 Å². The third-order valence-electron chi connectivity index (χ3n) is 4.60. The molecule has 1 fully saturated rings. The fourth-order valence-corrected chi connectivity index (χ4v) is 3.38. The molecule has 1 aliphatic rings. The van der Waals surface area contributed by atoms with Gasteiger partial charge in [-0.1, -0.05) is 38.4 Å².